The van der Waals surface area contributed by atoms with E-state index >= 15 is 0 Å². The van der Waals surface area contributed by atoms with Gasteiger partial charge in [0.25, 0.3) is 0 Å². The van der Waals surface area contributed by atoms with Crippen LogP contribution in [0.3, 0.4) is 0 Å². The first-order chi connectivity index (χ1) is 9.68. The van der Waals surface area contributed by atoms with Crippen molar-refractivity contribution in [2.75, 3.05) is 0 Å². The fourth-order valence-electron chi connectivity index (χ4n) is 1.96. The van der Waals surface area contributed by atoms with Gasteiger partial charge in [-0.15, -0.1) is 0 Å². The van der Waals surface area contributed by atoms with Gasteiger partial charge >= 0.3 is 0 Å². The smallest absolute Gasteiger partial charge is 0.168 e. The molecule has 0 saturated carbocycles. The summed E-state index contributed by atoms with van der Waals surface area (Å²) >= 11 is 0. The Morgan fingerprint density at radius 3 is 2.15 bits per heavy atom. The lowest BCUT2D eigenvalue weighted by molar-refractivity contribution is 0.0806. The molecule has 2 atom stereocenters. The maximum atomic E-state index is 12.2. The summed E-state index contributed by atoms with van der Waals surface area (Å²) in [5.74, 6) is -0.506. The van der Waals surface area contributed by atoms with Crippen LogP contribution in [0.5, 0.6) is 0 Å². The van der Waals surface area contributed by atoms with Gasteiger partial charge in [0, 0.05) is 11.5 Å². The minimum Gasteiger partial charge on any atom is -0.388 e. The molecule has 2 heteroatoms. The van der Waals surface area contributed by atoms with E-state index in [0.717, 1.165) is 5.56 Å². The third-order valence-corrected chi connectivity index (χ3v) is 3.27. The number of aliphatic hydroxyl groups excluding tert-OH is 1. The number of carbonyl (C=O) groups is 1. The van der Waals surface area contributed by atoms with Crippen LogP contribution in [0.15, 0.2) is 66.7 Å². The monoisotopic (exact) mass is 266 g/mol. The molecular weight excluding hydrogens is 248 g/mol. The summed E-state index contributed by atoms with van der Waals surface area (Å²) < 4.78 is 0. The van der Waals surface area contributed by atoms with Gasteiger partial charge in [0.1, 0.15) is 0 Å². The number of Topliss-reactive ketones (excluding diaryl/α,β-unsaturated/α-hetero) is 1. The van der Waals surface area contributed by atoms with Crippen molar-refractivity contribution < 1.29 is 9.90 Å². The Morgan fingerprint density at radius 1 is 1.00 bits per heavy atom. The summed E-state index contributed by atoms with van der Waals surface area (Å²) in [6.07, 6.45) is 2.71. The third kappa shape index (κ3) is 3.65. The molecule has 0 spiro atoms. The highest BCUT2D eigenvalue weighted by Crippen LogP contribution is 2.14. The first kappa shape index (κ1) is 14.2. The van der Waals surface area contributed by atoms with Gasteiger partial charge in [0.2, 0.25) is 0 Å². The number of ketones is 1. The number of benzene rings is 2. The molecule has 0 bridgehead atoms. The quantitative estimate of drug-likeness (QED) is 0.840. The SMILES string of the molecule is CC(C(=O)c1ccccc1)C(O)C=Cc1ccccc1. The maximum absolute atomic E-state index is 12.2. The van der Waals surface area contributed by atoms with E-state index in [1.807, 2.05) is 54.6 Å². The Bertz CT molecular complexity index is 573. The van der Waals surface area contributed by atoms with E-state index < -0.39 is 12.0 Å². The summed E-state index contributed by atoms with van der Waals surface area (Å²) in [5.41, 5.74) is 1.64. The summed E-state index contributed by atoms with van der Waals surface area (Å²) in [6, 6.07) is 18.8. The molecule has 2 aromatic carbocycles. The summed E-state index contributed by atoms with van der Waals surface area (Å²) in [6.45, 7) is 1.75. The molecule has 0 aliphatic carbocycles. The van der Waals surface area contributed by atoms with E-state index in [-0.39, 0.29) is 5.78 Å². The second kappa shape index (κ2) is 6.83. The molecule has 0 saturated heterocycles. The van der Waals surface area contributed by atoms with E-state index in [4.69, 9.17) is 0 Å². The highest BCUT2D eigenvalue weighted by atomic mass is 16.3. The van der Waals surface area contributed by atoms with Crippen molar-refractivity contribution in [2.24, 2.45) is 5.92 Å². The van der Waals surface area contributed by atoms with Gasteiger partial charge in [0.15, 0.2) is 5.78 Å². The Kier molecular flexibility index (Phi) is 4.85. The molecule has 0 fully saturated rings. The van der Waals surface area contributed by atoms with Crippen LogP contribution in [0, 0.1) is 5.92 Å². The third-order valence-electron chi connectivity index (χ3n) is 3.27. The van der Waals surface area contributed by atoms with Gasteiger partial charge in [-0.25, -0.2) is 0 Å². The number of hydrogen-bond donors (Lipinski definition) is 1. The summed E-state index contributed by atoms with van der Waals surface area (Å²) in [7, 11) is 0. The Morgan fingerprint density at radius 2 is 1.55 bits per heavy atom. The molecule has 102 valence electrons. The number of aliphatic hydroxyl groups is 1. The van der Waals surface area contributed by atoms with Gasteiger partial charge < -0.3 is 5.11 Å². The molecule has 0 amide bonds. The first-order valence-electron chi connectivity index (χ1n) is 6.69. The molecule has 20 heavy (non-hydrogen) atoms. The minimum absolute atomic E-state index is 0.0455. The fraction of sp³-hybridized carbons (Fsp3) is 0.167. The predicted octanol–water partition coefficient (Wildman–Crippen LogP) is 3.58. The van der Waals surface area contributed by atoms with Crippen molar-refractivity contribution in [3.8, 4) is 0 Å². The van der Waals surface area contributed by atoms with Crippen LogP contribution in [0.1, 0.15) is 22.8 Å². The largest absolute Gasteiger partial charge is 0.388 e. The zero-order valence-electron chi connectivity index (χ0n) is 11.4. The average molecular weight is 266 g/mol. The van der Waals surface area contributed by atoms with E-state index in [1.165, 1.54) is 0 Å². The van der Waals surface area contributed by atoms with Gasteiger partial charge in [0.05, 0.1) is 6.10 Å². The van der Waals surface area contributed by atoms with E-state index in [9.17, 15) is 9.90 Å². The van der Waals surface area contributed by atoms with E-state index in [0.29, 0.717) is 5.56 Å². The maximum Gasteiger partial charge on any atom is 0.168 e. The van der Waals surface area contributed by atoms with Crippen molar-refractivity contribution in [3.05, 3.63) is 77.9 Å². The molecular formula is C18H18O2. The Balaban J connectivity index is 2.04. The van der Waals surface area contributed by atoms with Gasteiger partial charge in [-0.2, -0.15) is 0 Å². The molecule has 2 unspecified atom stereocenters. The van der Waals surface area contributed by atoms with Crippen LogP contribution >= 0.6 is 0 Å². The van der Waals surface area contributed by atoms with Crippen LogP contribution in [0.4, 0.5) is 0 Å². The molecule has 0 radical (unpaired) electrons. The lowest BCUT2D eigenvalue weighted by Crippen LogP contribution is -2.23. The zero-order chi connectivity index (χ0) is 14.4. The zero-order valence-corrected chi connectivity index (χ0v) is 11.4. The van der Waals surface area contributed by atoms with Crippen LogP contribution in [0.25, 0.3) is 6.08 Å². The van der Waals surface area contributed by atoms with Crippen LogP contribution < -0.4 is 0 Å². The molecule has 0 heterocycles. The Hall–Kier alpha value is -2.19. The fourth-order valence-corrected chi connectivity index (χ4v) is 1.96. The minimum atomic E-state index is -0.789. The predicted molar refractivity (Wildman–Crippen MR) is 81.4 cm³/mol. The normalized spacial score (nSPS) is 14.1. The first-order valence-corrected chi connectivity index (χ1v) is 6.69. The van der Waals surface area contributed by atoms with Crippen molar-refractivity contribution >= 4 is 11.9 Å². The van der Waals surface area contributed by atoms with Gasteiger partial charge in [-0.05, 0) is 5.56 Å². The van der Waals surface area contributed by atoms with Crippen molar-refractivity contribution in [3.63, 3.8) is 0 Å². The van der Waals surface area contributed by atoms with E-state index in [1.54, 1.807) is 25.1 Å². The lowest BCUT2D eigenvalue weighted by Gasteiger charge is -2.14. The van der Waals surface area contributed by atoms with E-state index in [2.05, 4.69) is 0 Å². The molecule has 0 aromatic heterocycles. The average Bonchev–Trinajstić information content (AvgIpc) is 2.53. The second-order valence-electron chi connectivity index (χ2n) is 4.78. The second-order valence-corrected chi connectivity index (χ2v) is 4.78. The number of rotatable bonds is 5. The van der Waals surface area contributed by atoms with Crippen LogP contribution in [-0.4, -0.2) is 17.0 Å². The van der Waals surface area contributed by atoms with Crippen LogP contribution in [-0.2, 0) is 0 Å². The molecule has 2 aromatic rings. The number of carbonyl (C=O) groups excluding carboxylic acids is 1. The topological polar surface area (TPSA) is 37.3 Å². The van der Waals surface area contributed by atoms with Gasteiger partial charge in [-0.3, -0.25) is 4.79 Å². The molecule has 0 aliphatic heterocycles. The lowest BCUT2D eigenvalue weighted by atomic mass is 9.94. The number of hydrogen-bond acceptors (Lipinski definition) is 2. The highest BCUT2D eigenvalue weighted by molar-refractivity contribution is 5.98. The molecule has 2 rings (SSSR count). The highest BCUT2D eigenvalue weighted by Gasteiger charge is 2.20. The summed E-state index contributed by atoms with van der Waals surface area (Å²) in [4.78, 5) is 12.2. The van der Waals surface area contributed by atoms with Gasteiger partial charge in [-0.1, -0.05) is 79.7 Å². The standard InChI is InChI=1S/C18H18O2/c1-14(18(20)16-10-6-3-7-11-16)17(19)13-12-15-8-4-2-5-9-15/h2-14,17,19H,1H3. The van der Waals surface area contributed by atoms with Crippen molar-refractivity contribution in [1.29, 1.82) is 0 Å². The molecule has 1 N–H and O–H groups in total. The van der Waals surface area contributed by atoms with Crippen LogP contribution in [0.2, 0.25) is 0 Å². The molecule has 2 nitrogen and oxygen atoms in total. The van der Waals surface area contributed by atoms with Crippen molar-refractivity contribution in [2.45, 2.75) is 13.0 Å². The summed E-state index contributed by atoms with van der Waals surface area (Å²) in [5, 5.41) is 10.1. The van der Waals surface area contributed by atoms with Crippen molar-refractivity contribution in [1.82, 2.24) is 0 Å². The Labute approximate surface area is 119 Å². The molecule has 0 aliphatic rings.